The minimum Gasteiger partial charge on any atom is -0.388 e. The number of carbonyl (C=O) groups excluding carboxylic acids is 1. The molecular formula is C18H18N2O2. The van der Waals surface area contributed by atoms with Crippen LogP contribution in [0.3, 0.4) is 0 Å². The third-order valence-electron chi connectivity index (χ3n) is 3.21. The van der Waals surface area contributed by atoms with Crippen molar-refractivity contribution in [3.05, 3.63) is 59.7 Å². The van der Waals surface area contributed by atoms with E-state index in [1.165, 1.54) is 0 Å². The molecule has 0 radical (unpaired) electrons. The van der Waals surface area contributed by atoms with Crippen molar-refractivity contribution in [1.29, 1.82) is 5.26 Å². The molecule has 0 bridgehead atoms. The van der Waals surface area contributed by atoms with Crippen molar-refractivity contribution in [3.8, 4) is 12.0 Å². The zero-order valence-electron chi connectivity index (χ0n) is 12.5. The fraction of sp³-hybridized carbons (Fsp3) is 0.222. The predicted octanol–water partition coefficient (Wildman–Crippen LogP) is 3.88. The van der Waals surface area contributed by atoms with Crippen LogP contribution in [-0.4, -0.2) is 5.91 Å². The first-order chi connectivity index (χ1) is 10.7. The van der Waals surface area contributed by atoms with E-state index in [-0.39, 0.29) is 5.91 Å². The van der Waals surface area contributed by atoms with Crippen molar-refractivity contribution in [1.82, 2.24) is 0 Å². The summed E-state index contributed by atoms with van der Waals surface area (Å²) in [6, 6.07) is 15.2. The quantitative estimate of drug-likeness (QED) is 0.822. The van der Waals surface area contributed by atoms with Gasteiger partial charge in [-0.3, -0.25) is 4.79 Å². The molecule has 2 aromatic carbocycles. The molecule has 1 amide bonds. The number of benzene rings is 2. The van der Waals surface area contributed by atoms with Crippen LogP contribution in [0.25, 0.3) is 0 Å². The lowest BCUT2D eigenvalue weighted by Gasteiger charge is -2.06. The van der Waals surface area contributed by atoms with E-state index in [4.69, 9.17) is 10.00 Å². The summed E-state index contributed by atoms with van der Waals surface area (Å²) >= 11 is 0. The maximum Gasteiger partial charge on any atom is 0.292 e. The summed E-state index contributed by atoms with van der Waals surface area (Å²) in [5, 5.41) is 11.3. The Morgan fingerprint density at radius 2 is 1.68 bits per heavy atom. The number of nitriles is 1. The largest absolute Gasteiger partial charge is 0.388 e. The second kappa shape index (κ2) is 7.84. The van der Waals surface area contributed by atoms with Gasteiger partial charge in [0.2, 0.25) is 5.91 Å². The van der Waals surface area contributed by atoms with Crippen LogP contribution >= 0.6 is 0 Å². The maximum absolute atomic E-state index is 11.5. The number of rotatable bonds is 6. The van der Waals surface area contributed by atoms with E-state index >= 15 is 0 Å². The van der Waals surface area contributed by atoms with Crippen LogP contribution in [0, 0.1) is 11.5 Å². The van der Waals surface area contributed by atoms with Gasteiger partial charge >= 0.3 is 0 Å². The van der Waals surface area contributed by atoms with E-state index in [2.05, 4.69) is 5.32 Å². The van der Waals surface area contributed by atoms with Gasteiger partial charge in [-0.1, -0.05) is 31.2 Å². The lowest BCUT2D eigenvalue weighted by molar-refractivity contribution is -0.116. The standard InChI is InChI=1S/C18H18N2O2/c1-2-3-18(21)20-16-8-4-14(5-9-16)12-15-6-10-17(11-7-15)22-13-19/h4-11H,2-3,12H2,1H3,(H,20,21). The molecule has 0 aliphatic carbocycles. The number of anilines is 1. The number of amides is 1. The van der Waals surface area contributed by atoms with Gasteiger partial charge < -0.3 is 10.1 Å². The first-order valence-electron chi connectivity index (χ1n) is 7.25. The molecule has 2 aromatic rings. The molecule has 0 spiro atoms. The van der Waals surface area contributed by atoms with Crippen molar-refractivity contribution in [2.24, 2.45) is 0 Å². The third kappa shape index (κ3) is 4.64. The monoisotopic (exact) mass is 294 g/mol. The predicted molar refractivity (Wildman–Crippen MR) is 85.5 cm³/mol. The summed E-state index contributed by atoms with van der Waals surface area (Å²) in [7, 11) is 0. The summed E-state index contributed by atoms with van der Waals surface area (Å²) in [6.45, 7) is 1.98. The first-order valence-corrected chi connectivity index (χ1v) is 7.25. The maximum atomic E-state index is 11.5. The van der Waals surface area contributed by atoms with Gasteiger partial charge in [0.15, 0.2) is 0 Å². The highest BCUT2D eigenvalue weighted by Crippen LogP contribution is 2.17. The molecule has 0 aromatic heterocycles. The molecule has 0 saturated carbocycles. The number of hydrogen-bond donors (Lipinski definition) is 1. The molecule has 4 nitrogen and oxygen atoms in total. The summed E-state index contributed by atoms with van der Waals surface area (Å²) < 4.78 is 4.75. The Labute approximate surface area is 130 Å². The Kier molecular flexibility index (Phi) is 5.56. The summed E-state index contributed by atoms with van der Waals surface area (Å²) in [5.41, 5.74) is 3.11. The Bertz CT molecular complexity index is 655. The molecule has 0 aliphatic rings. The van der Waals surface area contributed by atoms with Crippen LogP contribution in [0.4, 0.5) is 5.69 Å². The second-order valence-electron chi connectivity index (χ2n) is 5.01. The molecule has 112 valence electrons. The molecular weight excluding hydrogens is 276 g/mol. The van der Waals surface area contributed by atoms with E-state index in [0.717, 1.165) is 29.7 Å². The third-order valence-corrected chi connectivity index (χ3v) is 3.21. The van der Waals surface area contributed by atoms with E-state index in [1.807, 2.05) is 43.3 Å². The SMILES string of the molecule is CCCC(=O)Nc1ccc(Cc2ccc(OC#N)cc2)cc1. The van der Waals surface area contributed by atoms with Crippen molar-refractivity contribution < 1.29 is 9.53 Å². The van der Waals surface area contributed by atoms with Crippen molar-refractivity contribution in [2.45, 2.75) is 26.2 Å². The summed E-state index contributed by atoms with van der Waals surface area (Å²) in [6.07, 6.45) is 3.82. The molecule has 4 heteroatoms. The van der Waals surface area contributed by atoms with Crippen molar-refractivity contribution in [3.63, 3.8) is 0 Å². The molecule has 0 fully saturated rings. The normalized spacial score (nSPS) is 9.82. The van der Waals surface area contributed by atoms with Crippen molar-refractivity contribution >= 4 is 11.6 Å². The Morgan fingerprint density at radius 1 is 1.09 bits per heavy atom. The van der Waals surface area contributed by atoms with E-state index in [1.54, 1.807) is 18.4 Å². The van der Waals surface area contributed by atoms with Crippen molar-refractivity contribution in [2.75, 3.05) is 5.32 Å². The topological polar surface area (TPSA) is 62.1 Å². The average molecular weight is 294 g/mol. The van der Waals surface area contributed by atoms with Crippen LogP contribution in [-0.2, 0) is 11.2 Å². The lowest BCUT2D eigenvalue weighted by Crippen LogP contribution is -2.10. The van der Waals surface area contributed by atoms with E-state index in [0.29, 0.717) is 12.2 Å². The number of carbonyl (C=O) groups is 1. The van der Waals surface area contributed by atoms with Gasteiger partial charge in [-0.25, -0.2) is 0 Å². The minimum absolute atomic E-state index is 0.0448. The van der Waals surface area contributed by atoms with Crippen LogP contribution in [0.15, 0.2) is 48.5 Å². The first kappa shape index (κ1) is 15.6. The van der Waals surface area contributed by atoms with E-state index < -0.39 is 0 Å². The zero-order valence-corrected chi connectivity index (χ0v) is 12.5. The van der Waals surface area contributed by atoms with Gasteiger partial charge in [0.05, 0.1) is 0 Å². The summed E-state index contributed by atoms with van der Waals surface area (Å²) in [4.78, 5) is 11.5. The van der Waals surface area contributed by atoms with Gasteiger partial charge in [0.1, 0.15) is 5.75 Å². The van der Waals surface area contributed by atoms with Gasteiger partial charge in [-0.15, -0.1) is 5.26 Å². The van der Waals surface area contributed by atoms with Gasteiger partial charge in [0, 0.05) is 12.1 Å². The van der Waals surface area contributed by atoms with Gasteiger partial charge in [-0.2, -0.15) is 0 Å². The van der Waals surface area contributed by atoms with Crippen LogP contribution in [0.1, 0.15) is 30.9 Å². The fourth-order valence-electron chi connectivity index (χ4n) is 2.12. The van der Waals surface area contributed by atoms with Crippen LogP contribution in [0.2, 0.25) is 0 Å². The summed E-state index contributed by atoms with van der Waals surface area (Å²) in [5.74, 6) is 0.587. The van der Waals surface area contributed by atoms with E-state index in [9.17, 15) is 4.79 Å². The highest BCUT2D eigenvalue weighted by molar-refractivity contribution is 5.90. The molecule has 0 atom stereocenters. The molecule has 22 heavy (non-hydrogen) atoms. The molecule has 0 heterocycles. The van der Waals surface area contributed by atoms with Crippen LogP contribution < -0.4 is 10.1 Å². The molecule has 0 aliphatic heterocycles. The zero-order chi connectivity index (χ0) is 15.8. The average Bonchev–Trinajstić information content (AvgIpc) is 2.52. The van der Waals surface area contributed by atoms with Gasteiger partial charge in [-0.05, 0) is 48.2 Å². The highest BCUT2D eigenvalue weighted by Gasteiger charge is 2.02. The smallest absolute Gasteiger partial charge is 0.292 e. The Hall–Kier alpha value is -2.80. The minimum atomic E-state index is 0.0448. The van der Waals surface area contributed by atoms with Gasteiger partial charge in [0.25, 0.3) is 6.26 Å². The molecule has 1 N–H and O–H groups in total. The molecule has 0 saturated heterocycles. The molecule has 2 rings (SSSR count). The second-order valence-corrected chi connectivity index (χ2v) is 5.01. The van der Waals surface area contributed by atoms with Crippen LogP contribution in [0.5, 0.6) is 5.75 Å². The lowest BCUT2D eigenvalue weighted by atomic mass is 10.0. The Balaban J connectivity index is 1.96. The Morgan fingerprint density at radius 3 is 2.23 bits per heavy atom. The highest BCUT2D eigenvalue weighted by atomic mass is 16.5. The number of ether oxygens (including phenoxy) is 1. The number of hydrogen-bond acceptors (Lipinski definition) is 3. The molecule has 0 unspecified atom stereocenters. The fourth-order valence-corrected chi connectivity index (χ4v) is 2.12. The number of nitrogens with zero attached hydrogens (tertiary/aromatic N) is 1. The number of nitrogens with one attached hydrogen (secondary N) is 1.